The molecule has 2 atom stereocenters. The second-order valence-corrected chi connectivity index (χ2v) is 20.0. The SMILES string of the molecule is CC(C)N(C(=O)c1ccc2c(c1)CC(=O)C(C)(c1cc(F)cc(F)c1)O2)C1CCCCC1.CCC(=O)NCCN1C(=O)C(C)(c2cc(F)cc(F)c2)Oc2ccc(C(=O)N(C(C)C)C3CCCCC3)cc21. The third kappa shape index (κ3) is 11.4. The van der Waals surface area contributed by atoms with Gasteiger partial charge < -0.3 is 29.5 Å². The molecule has 2 fully saturated rings. The molecule has 4 aliphatic rings. The highest BCUT2D eigenvalue weighted by Crippen LogP contribution is 2.44. The summed E-state index contributed by atoms with van der Waals surface area (Å²) in [7, 11) is 0. The molecule has 15 heteroatoms. The molecule has 71 heavy (non-hydrogen) atoms. The molecule has 0 bridgehead atoms. The highest BCUT2D eigenvalue weighted by atomic mass is 19.1. The molecule has 2 saturated carbocycles. The molecule has 0 radical (unpaired) electrons. The number of hydrogen-bond acceptors (Lipinski definition) is 7. The van der Waals surface area contributed by atoms with Crippen LogP contribution in [-0.2, 0) is 32.0 Å². The molecular formula is C56H66F4N4O7. The van der Waals surface area contributed by atoms with E-state index in [0.29, 0.717) is 40.3 Å². The number of nitrogens with zero attached hydrogens (tertiary/aromatic N) is 3. The Morgan fingerprint density at radius 3 is 1.58 bits per heavy atom. The Balaban J connectivity index is 0.000000213. The normalized spacial score (nSPS) is 20.3. The molecule has 4 aromatic carbocycles. The first-order valence-electron chi connectivity index (χ1n) is 25.1. The van der Waals surface area contributed by atoms with Gasteiger partial charge in [0.05, 0.1) is 5.69 Å². The molecule has 0 saturated heterocycles. The van der Waals surface area contributed by atoms with E-state index in [0.717, 1.165) is 87.8 Å². The topological polar surface area (TPSA) is 126 Å². The van der Waals surface area contributed by atoms with Gasteiger partial charge in [-0.2, -0.15) is 0 Å². The lowest BCUT2D eigenvalue weighted by atomic mass is 9.84. The minimum atomic E-state index is -1.72. The molecule has 2 aliphatic carbocycles. The molecule has 1 N–H and O–H groups in total. The van der Waals surface area contributed by atoms with Gasteiger partial charge in [0.25, 0.3) is 17.7 Å². The lowest BCUT2D eigenvalue weighted by Crippen LogP contribution is -2.54. The molecule has 4 aromatic rings. The highest BCUT2D eigenvalue weighted by Gasteiger charge is 2.47. The maximum atomic E-state index is 14.1. The average molecular weight is 983 g/mol. The fourth-order valence-corrected chi connectivity index (χ4v) is 10.5. The van der Waals surface area contributed by atoms with Gasteiger partial charge in [-0.25, -0.2) is 17.6 Å². The number of carbonyl (C=O) groups excluding carboxylic acids is 5. The molecule has 0 aromatic heterocycles. The van der Waals surface area contributed by atoms with Gasteiger partial charge in [0.1, 0.15) is 34.8 Å². The van der Waals surface area contributed by atoms with E-state index in [2.05, 4.69) is 5.32 Å². The zero-order valence-electron chi connectivity index (χ0n) is 41.8. The van der Waals surface area contributed by atoms with E-state index in [1.54, 1.807) is 43.3 Å². The minimum absolute atomic E-state index is 0.000962. The average Bonchev–Trinajstić information content (AvgIpc) is 3.33. The summed E-state index contributed by atoms with van der Waals surface area (Å²) in [4.78, 5) is 71.2. The number of hydrogen-bond donors (Lipinski definition) is 1. The number of anilines is 1. The first kappa shape index (κ1) is 52.6. The van der Waals surface area contributed by atoms with Gasteiger partial charge in [-0.3, -0.25) is 24.0 Å². The number of Topliss-reactive ketones (excluding diaryl/α,β-unsaturated/α-hetero) is 1. The smallest absolute Gasteiger partial charge is 0.275 e. The number of carbonyl (C=O) groups is 5. The van der Waals surface area contributed by atoms with E-state index in [1.165, 1.54) is 31.6 Å². The van der Waals surface area contributed by atoms with Crippen LogP contribution in [0.1, 0.15) is 157 Å². The predicted octanol–water partition coefficient (Wildman–Crippen LogP) is 10.9. The van der Waals surface area contributed by atoms with E-state index < -0.39 is 40.4 Å². The summed E-state index contributed by atoms with van der Waals surface area (Å²) in [5.74, 6) is -3.63. The Hall–Kier alpha value is -6.25. The highest BCUT2D eigenvalue weighted by molar-refractivity contribution is 6.05. The quantitative estimate of drug-likeness (QED) is 0.140. The van der Waals surface area contributed by atoms with Crippen molar-refractivity contribution in [3.05, 3.63) is 124 Å². The lowest BCUT2D eigenvalue weighted by molar-refractivity contribution is -0.135. The van der Waals surface area contributed by atoms with Crippen molar-refractivity contribution in [1.29, 1.82) is 0 Å². The van der Waals surface area contributed by atoms with Crippen LogP contribution in [0.4, 0.5) is 23.2 Å². The summed E-state index contributed by atoms with van der Waals surface area (Å²) in [5, 5.41) is 2.76. The monoisotopic (exact) mass is 982 g/mol. The summed E-state index contributed by atoms with van der Waals surface area (Å²) in [6.45, 7) is 13.0. The van der Waals surface area contributed by atoms with Crippen LogP contribution >= 0.6 is 0 Å². The summed E-state index contributed by atoms with van der Waals surface area (Å²) < 4.78 is 67.9. The van der Waals surface area contributed by atoms with Crippen molar-refractivity contribution >= 4 is 35.1 Å². The molecule has 2 unspecified atom stereocenters. The number of ketones is 1. The van der Waals surface area contributed by atoms with Gasteiger partial charge in [-0.05, 0) is 128 Å². The number of ether oxygens (including phenoxy) is 2. The fraction of sp³-hybridized carbons (Fsp3) is 0.482. The number of fused-ring (bicyclic) bond motifs is 2. The standard InChI is InChI=1S/C30H37F2N3O4.C26H29F2NO3/c1-5-27(36)33-13-14-34-25-15-20(28(37)35(19(2)3)24-9-7-6-8-10-24)11-12-26(25)39-30(4,29(34)38)21-16-22(31)18-23(32)17-21;1-16(2)29(22-7-5-4-6-8-22)25(31)17-9-10-23-18(11-17)12-24(30)26(3,32-23)19-13-20(27)15-21(28)14-19/h11-12,15-19,24H,5-10,13-14H2,1-4H3,(H,33,36);9-11,13-16,22H,4-8,12H2,1-3H3. The molecule has 4 amide bonds. The number of benzene rings is 4. The van der Waals surface area contributed by atoms with Crippen LogP contribution in [0.3, 0.4) is 0 Å². The number of rotatable bonds is 12. The maximum Gasteiger partial charge on any atom is 0.275 e. The van der Waals surface area contributed by atoms with Crippen molar-refractivity contribution in [1.82, 2.24) is 15.1 Å². The van der Waals surface area contributed by atoms with E-state index in [4.69, 9.17) is 9.47 Å². The van der Waals surface area contributed by atoms with Crippen molar-refractivity contribution in [3.63, 3.8) is 0 Å². The van der Waals surface area contributed by atoms with Crippen molar-refractivity contribution < 1.29 is 51.0 Å². The predicted molar refractivity (Wildman–Crippen MR) is 262 cm³/mol. The van der Waals surface area contributed by atoms with Crippen LogP contribution in [0.5, 0.6) is 11.5 Å². The lowest BCUT2D eigenvalue weighted by Gasteiger charge is -2.41. The van der Waals surface area contributed by atoms with Gasteiger partial charge in [0.15, 0.2) is 11.4 Å². The van der Waals surface area contributed by atoms with Crippen LogP contribution in [0.2, 0.25) is 0 Å². The Bertz CT molecular complexity index is 2610. The van der Waals surface area contributed by atoms with Crippen LogP contribution < -0.4 is 19.7 Å². The number of nitrogens with one attached hydrogen (secondary N) is 1. The third-order valence-electron chi connectivity index (χ3n) is 14.3. The Morgan fingerprint density at radius 1 is 0.648 bits per heavy atom. The molecule has 0 spiro atoms. The fourth-order valence-electron chi connectivity index (χ4n) is 10.5. The third-order valence-corrected chi connectivity index (χ3v) is 14.3. The van der Waals surface area contributed by atoms with Crippen LogP contribution in [-0.4, -0.2) is 76.5 Å². The van der Waals surface area contributed by atoms with E-state index in [1.807, 2.05) is 37.5 Å². The second-order valence-electron chi connectivity index (χ2n) is 20.0. The number of amides is 4. The van der Waals surface area contributed by atoms with Gasteiger partial charge >= 0.3 is 0 Å². The summed E-state index contributed by atoms with van der Waals surface area (Å²) in [6.07, 6.45) is 11.1. The molecule has 11 nitrogen and oxygen atoms in total. The molecule has 2 aliphatic heterocycles. The number of halogens is 4. The van der Waals surface area contributed by atoms with E-state index in [9.17, 15) is 41.5 Å². The van der Waals surface area contributed by atoms with Crippen LogP contribution in [0.15, 0.2) is 72.8 Å². The second kappa shape index (κ2) is 22.0. The largest absolute Gasteiger partial charge is 0.475 e. The van der Waals surface area contributed by atoms with Crippen LogP contribution in [0.25, 0.3) is 0 Å². The Morgan fingerprint density at radius 2 is 1.10 bits per heavy atom. The van der Waals surface area contributed by atoms with Crippen LogP contribution in [0, 0.1) is 23.3 Å². The van der Waals surface area contributed by atoms with Crippen molar-refractivity contribution in [2.45, 2.75) is 161 Å². The van der Waals surface area contributed by atoms with Gasteiger partial charge in [-0.15, -0.1) is 0 Å². The molecule has 380 valence electrons. The van der Waals surface area contributed by atoms with Gasteiger partial charge in [-0.1, -0.05) is 45.4 Å². The Labute approximate surface area is 414 Å². The zero-order valence-corrected chi connectivity index (χ0v) is 41.8. The Kier molecular flexibility index (Phi) is 16.3. The first-order valence-corrected chi connectivity index (χ1v) is 25.1. The van der Waals surface area contributed by atoms with Crippen molar-refractivity contribution in [2.24, 2.45) is 0 Å². The summed E-state index contributed by atoms with van der Waals surface area (Å²) in [5.41, 5.74) is -1.11. The van der Waals surface area contributed by atoms with Crippen molar-refractivity contribution in [3.8, 4) is 11.5 Å². The van der Waals surface area contributed by atoms with Gasteiger partial charge in [0.2, 0.25) is 11.5 Å². The van der Waals surface area contributed by atoms with E-state index in [-0.39, 0.29) is 78.3 Å². The van der Waals surface area contributed by atoms with Crippen molar-refractivity contribution in [2.75, 3.05) is 18.0 Å². The molecule has 2 heterocycles. The van der Waals surface area contributed by atoms with Gasteiger partial charge in [0, 0.05) is 90.0 Å². The summed E-state index contributed by atoms with van der Waals surface area (Å²) >= 11 is 0. The molecular weight excluding hydrogens is 917 g/mol. The zero-order chi connectivity index (χ0) is 51.4. The first-order chi connectivity index (χ1) is 33.7. The molecule has 8 rings (SSSR count). The van der Waals surface area contributed by atoms with E-state index >= 15 is 0 Å². The summed E-state index contributed by atoms with van der Waals surface area (Å²) in [6, 6.07) is 16.4. The maximum absolute atomic E-state index is 14.1. The minimum Gasteiger partial charge on any atom is -0.475 e.